The van der Waals surface area contributed by atoms with Crippen LogP contribution >= 0.6 is 23.2 Å². The Hall–Kier alpha value is -1.71. The number of rotatable bonds is 4. The maximum atomic E-state index is 12.3. The van der Waals surface area contributed by atoms with E-state index in [9.17, 15) is 4.79 Å². The Morgan fingerprint density at radius 2 is 1.65 bits per heavy atom. The number of hydrogen-bond acceptors (Lipinski definition) is 2. The zero-order chi connectivity index (χ0) is 16.2. The van der Waals surface area contributed by atoms with E-state index in [1.54, 1.807) is 12.1 Å². The van der Waals surface area contributed by atoms with Gasteiger partial charge in [-0.3, -0.25) is 4.79 Å². The van der Waals surface area contributed by atoms with Crippen molar-refractivity contribution in [2.24, 2.45) is 0 Å². The molecule has 1 fully saturated rings. The van der Waals surface area contributed by atoms with Crippen molar-refractivity contribution < 1.29 is 4.79 Å². The third-order valence-corrected chi connectivity index (χ3v) is 4.44. The molecule has 1 saturated heterocycles. The minimum atomic E-state index is -0.0602. The van der Waals surface area contributed by atoms with Crippen LogP contribution in [0.4, 0.5) is 11.4 Å². The Labute approximate surface area is 146 Å². The highest BCUT2D eigenvalue weighted by molar-refractivity contribution is 6.31. The molecule has 0 aliphatic carbocycles. The van der Waals surface area contributed by atoms with Gasteiger partial charge in [-0.05, 0) is 48.7 Å². The van der Waals surface area contributed by atoms with Crippen LogP contribution in [0.5, 0.6) is 0 Å². The number of hydrogen-bond donors (Lipinski definition) is 1. The first-order valence-electron chi connectivity index (χ1n) is 7.70. The van der Waals surface area contributed by atoms with Gasteiger partial charge in [-0.15, -0.1) is 0 Å². The molecule has 0 aromatic heterocycles. The van der Waals surface area contributed by atoms with Gasteiger partial charge in [0.25, 0.3) is 0 Å². The van der Waals surface area contributed by atoms with E-state index in [4.69, 9.17) is 23.2 Å². The third-order valence-electron chi connectivity index (χ3n) is 3.96. The Kier molecular flexibility index (Phi) is 5.09. The third kappa shape index (κ3) is 4.18. The van der Waals surface area contributed by atoms with Crippen molar-refractivity contribution in [2.45, 2.75) is 19.3 Å². The quantitative estimate of drug-likeness (QED) is 0.862. The molecule has 0 spiro atoms. The predicted molar refractivity (Wildman–Crippen MR) is 96.7 cm³/mol. The Bertz CT molecular complexity index is 695. The smallest absolute Gasteiger partial charge is 0.228 e. The van der Waals surface area contributed by atoms with Crippen molar-refractivity contribution >= 4 is 40.5 Å². The van der Waals surface area contributed by atoms with E-state index in [1.165, 1.54) is 12.8 Å². The Balaban J connectivity index is 1.74. The van der Waals surface area contributed by atoms with Crippen LogP contribution < -0.4 is 10.2 Å². The molecule has 0 saturated carbocycles. The maximum Gasteiger partial charge on any atom is 0.228 e. The minimum Gasteiger partial charge on any atom is -0.370 e. The fourth-order valence-electron chi connectivity index (χ4n) is 2.82. The summed E-state index contributed by atoms with van der Waals surface area (Å²) in [6, 6.07) is 13.0. The lowest BCUT2D eigenvalue weighted by Gasteiger charge is -2.22. The van der Waals surface area contributed by atoms with E-state index in [1.807, 2.05) is 30.3 Å². The predicted octanol–water partition coefficient (Wildman–Crippen LogP) is 4.77. The molecule has 1 aliphatic rings. The van der Waals surface area contributed by atoms with E-state index >= 15 is 0 Å². The average molecular weight is 349 g/mol. The summed E-state index contributed by atoms with van der Waals surface area (Å²) < 4.78 is 0. The Morgan fingerprint density at radius 1 is 1.00 bits per heavy atom. The molecule has 3 rings (SSSR count). The molecular weight excluding hydrogens is 331 g/mol. The van der Waals surface area contributed by atoms with E-state index in [0.717, 1.165) is 30.0 Å². The number of anilines is 2. The summed E-state index contributed by atoms with van der Waals surface area (Å²) in [6.45, 7) is 2.03. The lowest BCUT2D eigenvalue weighted by molar-refractivity contribution is -0.115. The fraction of sp³-hybridized carbons (Fsp3) is 0.278. The number of nitrogens with one attached hydrogen (secondary N) is 1. The van der Waals surface area contributed by atoms with Gasteiger partial charge in [0.2, 0.25) is 5.91 Å². The lowest BCUT2D eigenvalue weighted by atomic mass is 10.1. The average Bonchev–Trinajstić information content (AvgIpc) is 3.04. The van der Waals surface area contributed by atoms with E-state index in [2.05, 4.69) is 10.2 Å². The molecule has 2 aromatic rings. The minimum absolute atomic E-state index is 0.0602. The van der Waals surface area contributed by atoms with E-state index in [-0.39, 0.29) is 5.91 Å². The zero-order valence-electron chi connectivity index (χ0n) is 12.7. The highest BCUT2D eigenvalue weighted by Gasteiger charge is 2.17. The van der Waals surface area contributed by atoms with Crippen LogP contribution in [0.2, 0.25) is 10.0 Å². The molecule has 0 atom stereocenters. The van der Waals surface area contributed by atoms with Crippen molar-refractivity contribution in [1.82, 2.24) is 0 Å². The van der Waals surface area contributed by atoms with Crippen LogP contribution in [0.25, 0.3) is 0 Å². The number of benzene rings is 2. The van der Waals surface area contributed by atoms with Gasteiger partial charge in [0.15, 0.2) is 0 Å². The molecule has 120 valence electrons. The van der Waals surface area contributed by atoms with Crippen molar-refractivity contribution in [3.05, 3.63) is 58.1 Å². The van der Waals surface area contributed by atoms with Crippen LogP contribution in [-0.4, -0.2) is 19.0 Å². The number of amides is 1. The molecule has 2 aromatic carbocycles. The second-order valence-electron chi connectivity index (χ2n) is 5.71. The highest BCUT2D eigenvalue weighted by Crippen LogP contribution is 2.31. The van der Waals surface area contributed by atoms with Crippen LogP contribution in [0.1, 0.15) is 18.4 Å². The maximum absolute atomic E-state index is 12.3. The van der Waals surface area contributed by atoms with Crippen molar-refractivity contribution in [3.8, 4) is 0 Å². The molecule has 1 amide bonds. The summed E-state index contributed by atoms with van der Waals surface area (Å²) in [5.74, 6) is -0.0602. The molecule has 1 heterocycles. The summed E-state index contributed by atoms with van der Waals surface area (Å²) in [7, 11) is 0. The normalized spacial score (nSPS) is 14.1. The second kappa shape index (κ2) is 7.24. The topological polar surface area (TPSA) is 32.3 Å². The van der Waals surface area contributed by atoms with Crippen LogP contribution in [-0.2, 0) is 11.2 Å². The van der Waals surface area contributed by atoms with Gasteiger partial charge >= 0.3 is 0 Å². The molecule has 1 N–H and O–H groups in total. The van der Waals surface area contributed by atoms with Gasteiger partial charge in [-0.1, -0.05) is 35.3 Å². The lowest BCUT2D eigenvalue weighted by Crippen LogP contribution is -2.21. The van der Waals surface area contributed by atoms with Gasteiger partial charge in [-0.25, -0.2) is 0 Å². The molecule has 23 heavy (non-hydrogen) atoms. The van der Waals surface area contributed by atoms with E-state index in [0.29, 0.717) is 16.5 Å². The van der Waals surface area contributed by atoms with Gasteiger partial charge < -0.3 is 10.2 Å². The molecule has 5 heteroatoms. The standard InChI is InChI=1S/C18H18Cl2N2O/c19-14-5-3-13(4-6-14)11-18(23)21-16-12-15(20)7-8-17(16)22-9-1-2-10-22/h3-8,12H,1-2,9-11H2,(H,21,23). The molecule has 0 unspecified atom stereocenters. The van der Waals surface area contributed by atoms with Gasteiger partial charge in [0, 0.05) is 23.1 Å². The van der Waals surface area contributed by atoms with E-state index < -0.39 is 0 Å². The zero-order valence-corrected chi connectivity index (χ0v) is 14.2. The summed E-state index contributed by atoms with van der Waals surface area (Å²) in [5.41, 5.74) is 2.74. The first-order chi connectivity index (χ1) is 11.1. The summed E-state index contributed by atoms with van der Waals surface area (Å²) in [4.78, 5) is 14.6. The molecular formula is C18H18Cl2N2O. The van der Waals surface area contributed by atoms with Gasteiger partial charge in [-0.2, -0.15) is 0 Å². The van der Waals surface area contributed by atoms with Crippen molar-refractivity contribution in [3.63, 3.8) is 0 Å². The van der Waals surface area contributed by atoms with Crippen LogP contribution in [0.15, 0.2) is 42.5 Å². The first-order valence-corrected chi connectivity index (χ1v) is 8.46. The first kappa shape index (κ1) is 16.2. The summed E-state index contributed by atoms with van der Waals surface area (Å²) >= 11 is 12.0. The van der Waals surface area contributed by atoms with Crippen LogP contribution in [0.3, 0.4) is 0 Å². The molecule has 1 aliphatic heterocycles. The van der Waals surface area contributed by atoms with Gasteiger partial charge in [0.05, 0.1) is 17.8 Å². The molecule has 0 radical (unpaired) electrons. The Morgan fingerprint density at radius 3 is 2.35 bits per heavy atom. The molecule has 3 nitrogen and oxygen atoms in total. The number of nitrogens with zero attached hydrogens (tertiary/aromatic N) is 1. The van der Waals surface area contributed by atoms with Crippen molar-refractivity contribution in [1.29, 1.82) is 0 Å². The monoisotopic (exact) mass is 348 g/mol. The van der Waals surface area contributed by atoms with Crippen molar-refractivity contribution in [2.75, 3.05) is 23.3 Å². The SMILES string of the molecule is O=C(Cc1ccc(Cl)cc1)Nc1cc(Cl)ccc1N1CCCC1. The summed E-state index contributed by atoms with van der Waals surface area (Å²) in [5, 5.41) is 4.28. The second-order valence-corrected chi connectivity index (χ2v) is 6.58. The summed E-state index contributed by atoms with van der Waals surface area (Å²) in [6.07, 6.45) is 2.67. The molecule has 0 bridgehead atoms. The highest BCUT2D eigenvalue weighted by atomic mass is 35.5. The van der Waals surface area contributed by atoms with Crippen LogP contribution in [0, 0.1) is 0 Å². The number of carbonyl (C=O) groups excluding carboxylic acids is 1. The fourth-order valence-corrected chi connectivity index (χ4v) is 3.12. The number of carbonyl (C=O) groups is 1. The van der Waals surface area contributed by atoms with Gasteiger partial charge in [0.1, 0.15) is 0 Å². The largest absolute Gasteiger partial charge is 0.370 e. The number of halogens is 2.